The minimum Gasteiger partial charge on any atom is -0.507 e. The van der Waals surface area contributed by atoms with Gasteiger partial charge in [-0.05, 0) is 24.6 Å². The van der Waals surface area contributed by atoms with Gasteiger partial charge in [-0.25, -0.2) is 0 Å². The van der Waals surface area contributed by atoms with E-state index in [4.69, 9.17) is 21.1 Å². The van der Waals surface area contributed by atoms with Crippen molar-refractivity contribution >= 4 is 29.1 Å². The fourth-order valence-corrected chi connectivity index (χ4v) is 3.87. The lowest BCUT2D eigenvalue weighted by molar-refractivity contribution is -0.139. The van der Waals surface area contributed by atoms with Crippen LogP contribution in [0.15, 0.2) is 48.0 Å². The third-order valence-electron chi connectivity index (χ3n) is 5.12. The number of amides is 1. The quantitative estimate of drug-likeness (QED) is 0.396. The van der Waals surface area contributed by atoms with Crippen LogP contribution in [0.4, 0.5) is 0 Å². The fraction of sp³-hybridized carbons (Fsp3) is 0.304. The number of methoxy groups -OCH3 is 2. The normalized spacial score (nSPS) is 18.0. The van der Waals surface area contributed by atoms with E-state index in [0.29, 0.717) is 40.6 Å². The Morgan fingerprint density at radius 3 is 2.50 bits per heavy atom. The summed E-state index contributed by atoms with van der Waals surface area (Å²) in [6, 6.07) is 11.0. The van der Waals surface area contributed by atoms with Crippen LogP contribution in [-0.2, 0) is 9.59 Å². The van der Waals surface area contributed by atoms with Crippen molar-refractivity contribution < 1.29 is 24.2 Å². The molecule has 6 nitrogen and oxygen atoms in total. The van der Waals surface area contributed by atoms with Gasteiger partial charge >= 0.3 is 0 Å². The third kappa shape index (κ3) is 3.87. The van der Waals surface area contributed by atoms with Gasteiger partial charge in [0.15, 0.2) is 11.5 Å². The predicted octanol–water partition coefficient (Wildman–Crippen LogP) is 4.58. The highest BCUT2D eigenvalue weighted by molar-refractivity contribution is 6.46. The van der Waals surface area contributed by atoms with E-state index < -0.39 is 17.7 Å². The Hall–Kier alpha value is -2.99. The number of benzene rings is 2. The Bertz CT molecular complexity index is 1000. The topological polar surface area (TPSA) is 76.1 Å². The molecule has 3 rings (SSSR count). The Balaban J connectivity index is 2.26. The average Bonchev–Trinajstić information content (AvgIpc) is 3.01. The molecular weight excluding hydrogens is 406 g/mol. The van der Waals surface area contributed by atoms with E-state index in [1.165, 1.54) is 19.1 Å². The highest BCUT2D eigenvalue weighted by atomic mass is 35.5. The first-order valence-electron chi connectivity index (χ1n) is 9.69. The lowest BCUT2D eigenvalue weighted by atomic mass is 9.94. The van der Waals surface area contributed by atoms with Gasteiger partial charge in [-0.3, -0.25) is 9.59 Å². The van der Waals surface area contributed by atoms with Crippen molar-refractivity contribution in [3.05, 3.63) is 64.2 Å². The summed E-state index contributed by atoms with van der Waals surface area (Å²) >= 11 is 6.07. The summed E-state index contributed by atoms with van der Waals surface area (Å²) in [6.07, 6.45) is 1.56. The number of halogens is 1. The summed E-state index contributed by atoms with van der Waals surface area (Å²) in [5, 5.41) is 11.5. The molecular formula is C23H24ClNO5. The van der Waals surface area contributed by atoms with Crippen molar-refractivity contribution in [2.75, 3.05) is 20.8 Å². The first kappa shape index (κ1) is 21.7. The molecule has 1 saturated heterocycles. The van der Waals surface area contributed by atoms with Crippen molar-refractivity contribution in [1.29, 1.82) is 0 Å². The van der Waals surface area contributed by atoms with Gasteiger partial charge in [0, 0.05) is 22.7 Å². The SMILES string of the molecule is CCCCN1C(=O)C(=O)/C(=C(/O)c2cccc(Cl)c2)C1c1cccc(OC)c1OC. The molecule has 1 unspecified atom stereocenters. The lowest BCUT2D eigenvalue weighted by Crippen LogP contribution is -2.30. The van der Waals surface area contributed by atoms with Crippen LogP contribution >= 0.6 is 11.6 Å². The minimum absolute atomic E-state index is 0.00456. The highest BCUT2D eigenvalue weighted by Crippen LogP contribution is 2.45. The molecule has 1 aliphatic heterocycles. The van der Waals surface area contributed by atoms with E-state index >= 15 is 0 Å². The Kier molecular flexibility index (Phi) is 6.67. The van der Waals surface area contributed by atoms with Gasteiger partial charge in [0.25, 0.3) is 11.7 Å². The number of carbonyl (C=O) groups excluding carboxylic acids is 2. The number of nitrogens with zero attached hydrogens (tertiary/aromatic N) is 1. The number of aliphatic hydroxyl groups excluding tert-OH is 1. The van der Waals surface area contributed by atoms with E-state index in [0.717, 1.165) is 6.42 Å². The van der Waals surface area contributed by atoms with Crippen LogP contribution in [0.5, 0.6) is 11.5 Å². The van der Waals surface area contributed by atoms with E-state index in [-0.39, 0.29) is 11.3 Å². The molecule has 0 bridgehead atoms. The molecule has 0 radical (unpaired) electrons. The maximum atomic E-state index is 13.0. The standard InChI is InChI=1S/C23H24ClNO5/c1-4-5-12-25-19(16-10-7-11-17(29-2)22(16)30-3)18(21(27)23(25)28)20(26)14-8-6-9-15(24)13-14/h6-11,13,19,26H,4-5,12H2,1-3H3/b20-18+. The number of ketones is 1. The number of aliphatic hydroxyl groups is 1. The maximum absolute atomic E-state index is 13.0. The molecule has 30 heavy (non-hydrogen) atoms. The molecule has 0 saturated carbocycles. The van der Waals surface area contributed by atoms with Crippen LogP contribution in [0.2, 0.25) is 5.02 Å². The van der Waals surface area contributed by atoms with Crippen molar-refractivity contribution in [1.82, 2.24) is 4.90 Å². The van der Waals surface area contributed by atoms with Crippen molar-refractivity contribution in [2.24, 2.45) is 0 Å². The molecule has 158 valence electrons. The maximum Gasteiger partial charge on any atom is 0.295 e. The zero-order valence-corrected chi connectivity index (χ0v) is 17.9. The van der Waals surface area contributed by atoms with Crippen molar-refractivity contribution in [2.45, 2.75) is 25.8 Å². The number of likely N-dealkylation sites (tertiary alicyclic amines) is 1. The number of carbonyl (C=O) groups is 2. The molecule has 1 heterocycles. The average molecular weight is 430 g/mol. The lowest BCUT2D eigenvalue weighted by Gasteiger charge is -2.27. The summed E-state index contributed by atoms with van der Waals surface area (Å²) in [5.41, 5.74) is 0.934. The number of ether oxygens (including phenoxy) is 2. The Morgan fingerprint density at radius 1 is 1.13 bits per heavy atom. The second-order valence-electron chi connectivity index (χ2n) is 6.94. The van der Waals surface area contributed by atoms with Crippen LogP contribution in [0, 0.1) is 0 Å². The zero-order chi connectivity index (χ0) is 21.8. The molecule has 2 aromatic rings. The summed E-state index contributed by atoms with van der Waals surface area (Å²) < 4.78 is 10.9. The Morgan fingerprint density at radius 2 is 1.87 bits per heavy atom. The zero-order valence-electron chi connectivity index (χ0n) is 17.1. The summed E-state index contributed by atoms with van der Waals surface area (Å²) in [5.74, 6) is -0.783. The molecule has 2 aromatic carbocycles. The molecule has 0 aromatic heterocycles. The van der Waals surface area contributed by atoms with Crippen LogP contribution in [0.3, 0.4) is 0 Å². The number of rotatable bonds is 7. The van der Waals surface area contributed by atoms with Crippen molar-refractivity contribution in [3.8, 4) is 11.5 Å². The molecule has 1 fully saturated rings. The monoisotopic (exact) mass is 429 g/mol. The molecule has 0 spiro atoms. The van der Waals surface area contributed by atoms with Gasteiger partial charge in [-0.1, -0.05) is 49.2 Å². The van der Waals surface area contributed by atoms with Crippen molar-refractivity contribution in [3.63, 3.8) is 0 Å². The van der Waals surface area contributed by atoms with E-state index in [1.807, 2.05) is 6.92 Å². The number of hydrogen-bond acceptors (Lipinski definition) is 5. The van der Waals surface area contributed by atoms with Gasteiger partial charge in [-0.2, -0.15) is 0 Å². The van der Waals surface area contributed by atoms with Gasteiger partial charge < -0.3 is 19.5 Å². The number of Topliss-reactive ketones (excluding diaryl/α,β-unsaturated/α-hetero) is 1. The van der Waals surface area contributed by atoms with E-state index in [9.17, 15) is 14.7 Å². The second kappa shape index (κ2) is 9.22. The van der Waals surface area contributed by atoms with Gasteiger partial charge in [0.1, 0.15) is 5.76 Å². The van der Waals surface area contributed by atoms with Crippen LogP contribution < -0.4 is 9.47 Å². The Labute approximate surface area is 180 Å². The van der Waals surface area contributed by atoms with Crippen LogP contribution in [-0.4, -0.2) is 42.5 Å². The van der Waals surface area contributed by atoms with Crippen LogP contribution in [0.25, 0.3) is 5.76 Å². The summed E-state index contributed by atoms with van der Waals surface area (Å²) in [7, 11) is 3.01. The van der Waals surface area contributed by atoms with E-state index in [2.05, 4.69) is 0 Å². The summed E-state index contributed by atoms with van der Waals surface area (Å²) in [4.78, 5) is 27.4. The third-order valence-corrected chi connectivity index (χ3v) is 5.35. The largest absolute Gasteiger partial charge is 0.507 e. The fourth-order valence-electron chi connectivity index (χ4n) is 3.68. The summed E-state index contributed by atoms with van der Waals surface area (Å²) in [6.45, 7) is 2.38. The van der Waals surface area contributed by atoms with Gasteiger partial charge in [0.05, 0.1) is 25.8 Å². The number of para-hydroxylation sites is 1. The molecule has 1 atom stereocenters. The predicted molar refractivity (Wildman–Crippen MR) is 115 cm³/mol. The molecule has 1 amide bonds. The highest BCUT2D eigenvalue weighted by Gasteiger charge is 2.47. The number of hydrogen-bond donors (Lipinski definition) is 1. The van der Waals surface area contributed by atoms with Gasteiger partial charge in [-0.15, -0.1) is 0 Å². The smallest absolute Gasteiger partial charge is 0.295 e. The van der Waals surface area contributed by atoms with Gasteiger partial charge in [0.2, 0.25) is 0 Å². The molecule has 1 N–H and O–H groups in total. The molecule has 1 aliphatic rings. The number of unbranched alkanes of at least 4 members (excludes halogenated alkanes) is 1. The molecule has 0 aliphatic carbocycles. The van der Waals surface area contributed by atoms with E-state index in [1.54, 1.807) is 42.5 Å². The first-order valence-corrected chi connectivity index (χ1v) is 10.1. The molecule has 7 heteroatoms. The van der Waals surface area contributed by atoms with Crippen LogP contribution in [0.1, 0.15) is 36.9 Å². The minimum atomic E-state index is -0.805. The second-order valence-corrected chi connectivity index (χ2v) is 7.38. The first-order chi connectivity index (χ1) is 14.4.